The van der Waals surface area contributed by atoms with Gasteiger partial charge in [0.15, 0.2) is 0 Å². The number of urea groups is 1. The van der Waals surface area contributed by atoms with Crippen molar-refractivity contribution in [3.63, 3.8) is 0 Å². The maximum atomic E-state index is 13.5. The second-order valence-corrected chi connectivity index (χ2v) is 8.20. The van der Waals surface area contributed by atoms with E-state index in [9.17, 15) is 14.0 Å². The molecule has 30 heavy (non-hydrogen) atoms. The SMILES string of the molecule is Cc1ccc(NC(=O)N2CC(C(=O)Nc3cccc(F)c3)C3(CCOCC3)C2)cc1. The third-order valence-corrected chi connectivity index (χ3v) is 6.14. The van der Waals surface area contributed by atoms with Crippen molar-refractivity contribution in [3.05, 3.63) is 59.9 Å². The molecule has 3 amide bonds. The Morgan fingerprint density at radius 1 is 1.07 bits per heavy atom. The second kappa shape index (κ2) is 8.44. The molecule has 2 aliphatic rings. The van der Waals surface area contributed by atoms with Crippen molar-refractivity contribution >= 4 is 23.3 Å². The van der Waals surface area contributed by atoms with E-state index in [1.807, 2.05) is 31.2 Å². The highest BCUT2D eigenvalue weighted by Crippen LogP contribution is 2.45. The van der Waals surface area contributed by atoms with E-state index in [1.54, 1.807) is 17.0 Å². The van der Waals surface area contributed by atoms with Gasteiger partial charge in [-0.05, 0) is 50.1 Å². The number of benzene rings is 2. The molecule has 6 nitrogen and oxygen atoms in total. The number of aryl methyl sites for hydroxylation is 1. The molecule has 0 aliphatic carbocycles. The van der Waals surface area contributed by atoms with Crippen molar-refractivity contribution in [2.24, 2.45) is 11.3 Å². The summed E-state index contributed by atoms with van der Waals surface area (Å²) in [5.41, 5.74) is 1.92. The Balaban J connectivity index is 1.50. The molecule has 2 aromatic rings. The first kappa shape index (κ1) is 20.3. The van der Waals surface area contributed by atoms with Crippen LogP contribution in [0.15, 0.2) is 48.5 Å². The average molecular weight is 411 g/mol. The number of amides is 3. The summed E-state index contributed by atoms with van der Waals surface area (Å²) in [7, 11) is 0. The number of hydrogen-bond acceptors (Lipinski definition) is 3. The molecule has 158 valence electrons. The van der Waals surface area contributed by atoms with Gasteiger partial charge in [0.1, 0.15) is 5.82 Å². The largest absolute Gasteiger partial charge is 0.381 e. The molecular weight excluding hydrogens is 385 g/mol. The minimum Gasteiger partial charge on any atom is -0.381 e. The third kappa shape index (κ3) is 4.31. The number of carbonyl (C=O) groups excluding carboxylic acids is 2. The molecule has 2 saturated heterocycles. The van der Waals surface area contributed by atoms with E-state index in [0.29, 0.717) is 44.8 Å². The number of rotatable bonds is 3. The van der Waals surface area contributed by atoms with Gasteiger partial charge in [0.2, 0.25) is 5.91 Å². The van der Waals surface area contributed by atoms with Gasteiger partial charge in [-0.2, -0.15) is 0 Å². The van der Waals surface area contributed by atoms with Crippen LogP contribution in [0.1, 0.15) is 18.4 Å². The van der Waals surface area contributed by atoms with Crippen molar-refractivity contribution in [2.45, 2.75) is 19.8 Å². The molecule has 0 saturated carbocycles. The quantitative estimate of drug-likeness (QED) is 0.801. The highest BCUT2D eigenvalue weighted by Gasteiger charge is 2.51. The maximum absolute atomic E-state index is 13.5. The summed E-state index contributed by atoms with van der Waals surface area (Å²) < 4.78 is 19.0. The summed E-state index contributed by atoms with van der Waals surface area (Å²) in [4.78, 5) is 27.7. The van der Waals surface area contributed by atoms with Crippen LogP contribution in [0.4, 0.5) is 20.6 Å². The van der Waals surface area contributed by atoms with Gasteiger partial charge >= 0.3 is 6.03 Å². The van der Waals surface area contributed by atoms with E-state index in [4.69, 9.17) is 4.74 Å². The third-order valence-electron chi connectivity index (χ3n) is 6.14. The molecule has 4 rings (SSSR count). The highest BCUT2D eigenvalue weighted by atomic mass is 19.1. The molecule has 2 aromatic carbocycles. The fourth-order valence-electron chi connectivity index (χ4n) is 4.40. The number of likely N-dealkylation sites (tertiary alicyclic amines) is 1. The zero-order chi connectivity index (χ0) is 21.1. The standard InChI is InChI=1S/C23H26FN3O3/c1-16-5-7-18(8-6-16)26-22(29)27-14-20(23(15-27)9-11-30-12-10-23)21(28)25-19-4-2-3-17(24)13-19/h2-8,13,20H,9-12,14-15H2,1H3,(H,25,28)(H,26,29). The van der Waals surface area contributed by atoms with Crippen molar-refractivity contribution in [1.82, 2.24) is 4.90 Å². The lowest BCUT2D eigenvalue weighted by atomic mass is 9.71. The lowest BCUT2D eigenvalue weighted by molar-refractivity contribution is -0.124. The fraction of sp³-hybridized carbons (Fsp3) is 0.391. The first-order valence-corrected chi connectivity index (χ1v) is 10.2. The molecule has 2 aliphatic heterocycles. The Bertz CT molecular complexity index is 926. The van der Waals surface area contributed by atoms with Crippen LogP contribution < -0.4 is 10.6 Å². The van der Waals surface area contributed by atoms with Crippen LogP contribution in [0, 0.1) is 24.1 Å². The Labute approximate surface area is 175 Å². The summed E-state index contributed by atoms with van der Waals surface area (Å²) in [6, 6.07) is 13.2. The first-order valence-electron chi connectivity index (χ1n) is 10.2. The van der Waals surface area contributed by atoms with Crippen molar-refractivity contribution in [3.8, 4) is 0 Å². The second-order valence-electron chi connectivity index (χ2n) is 8.20. The van der Waals surface area contributed by atoms with Crippen LogP contribution in [-0.2, 0) is 9.53 Å². The number of anilines is 2. The zero-order valence-electron chi connectivity index (χ0n) is 17.0. The Kier molecular flexibility index (Phi) is 5.72. The summed E-state index contributed by atoms with van der Waals surface area (Å²) in [6.07, 6.45) is 1.42. The van der Waals surface area contributed by atoms with Crippen molar-refractivity contribution in [2.75, 3.05) is 36.9 Å². The molecule has 7 heteroatoms. The predicted molar refractivity (Wildman–Crippen MR) is 113 cm³/mol. The molecule has 2 heterocycles. The topological polar surface area (TPSA) is 70.7 Å². The molecule has 0 bridgehead atoms. The van der Waals surface area contributed by atoms with Crippen LogP contribution in [0.25, 0.3) is 0 Å². The van der Waals surface area contributed by atoms with E-state index in [2.05, 4.69) is 10.6 Å². The Morgan fingerprint density at radius 3 is 2.50 bits per heavy atom. The fourth-order valence-corrected chi connectivity index (χ4v) is 4.40. The van der Waals surface area contributed by atoms with Crippen LogP contribution in [0.2, 0.25) is 0 Å². The van der Waals surface area contributed by atoms with Gasteiger partial charge < -0.3 is 20.3 Å². The molecular formula is C23H26FN3O3. The number of hydrogen-bond donors (Lipinski definition) is 2. The van der Waals surface area contributed by atoms with E-state index < -0.39 is 5.82 Å². The monoisotopic (exact) mass is 411 g/mol. The Hall–Kier alpha value is -2.93. The molecule has 1 unspecified atom stereocenters. The van der Waals surface area contributed by atoms with Gasteiger partial charge in [0.25, 0.3) is 0 Å². The maximum Gasteiger partial charge on any atom is 0.321 e. The molecule has 0 radical (unpaired) electrons. The molecule has 0 aromatic heterocycles. The minimum atomic E-state index is -0.404. The van der Waals surface area contributed by atoms with Crippen molar-refractivity contribution in [1.29, 1.82) is 0 Å². The first-order chi connectivity index (χ1) is 14.4. The summed E-state index contributed by atoms with van der Waals surface area (Å²) >= 11 is 0. The average Bonchev–Trinajstić information content (AvgIpc) is 3.09. The molecule has 2 fully saturated rings. The predicted octanol–water partition coefficient (Wildman–Crippen LogP) is 4.03. The lowest BCUT2D eigenvalue weighted by Gasteiger charge is -2.37. The smallest absolute Gasteiger partial charge is 0.321 e. The minimum absolute atomic E-state index is 0.187. The van der Waals surface area contributed by atoms with Gasteiger partial charge in [-0.3, -0.25) is 4.79 Å². The number of nitrogens with one attached hydrogen (secondary N) is 2. The van der Waals surface area contributed by atoms with E-state index in [0.717, 1.165) is 11.3 Å². The molecule has 2 N–H and O–H groups in total. The van der Waals surface area contributed by atoms with Gasteiger partial charge in [0, 0.05) is 43.1 Å². The van der Waals surface area contributed by atoms with Gasteiger partial charge in [-0.15, -0.1) is 0 Å². The van der Waals surface area contributed by atoms with Crippen LogP contribution >= 0.6 is 0 Å². The van der Waals surface area contributed by atoms with E-state index >= 15 is 0 Å². The van der Waals surface area contributed by atoms with E-state index in [1.165, 1.54) is 12.1 Å². The molecule has 1 atom stereocenters. The normalized spacial score (nSPS) is 20.2. The van der Waals surface area contributed by atoms with E-state index in [-0.39, 0.29) is 23.3 Å². The van der Waals surface area contributed by atoms with Crippen LogP contribution in [-0.4, -0.2) is 43.1 Å². The lowest BCUT2D eigenvalue weighted by Crippen LogP contribution is -2.42. The number of halogens is 1. The number of ether oxygens (including phenoxy) is 1. The van der Waals surface area contributed by atoms with Crippen LogP contribution in [0.5, 0.6) is 0 Å². The summed E-state index contributed by atoms with van der Waals surface area (Å²) in [6.45, 7) is 3.94. The number of carbonyl (C=O) groups is 2. The van der Waals surface area contributed by atoms with Crippen LogP contribution in [0.3, 0.4) is 0 Å². The zero-order valence-corrected chi connectivity index (χ0v) is 17.0. The Morgan fingerprint density at radius 2 is 1.80 bits per heavy atom. The van der Waals surface area contributed by atoms with Gasteiger partial charge in [-0.1, -0.05) is 23.8 Å². The highest BCUT2D eigenvalue weighted by molar-refractivity contribution is 5.95. The summed E-state index contributed by atoms with van der Waals surface area (Å²) in [5.74, 6) is -0.972. The number of nitrogens with zero attached hydrogens (tertiary/aromatic N) is 1. The van der Waals surface area contributed by atoms with Gasteiger partial charge in [-0.25, -0.2) is 9.18 Å². The van der Waals surface area contributed by atoms with Crippen molar-refractivity contribution < 1.29 is 18.7 Å². The van der Waals surface area contributed by atoms with Gasteiger partial charge in [0.05, 0.1) is 5.92 Å². The summed E-state index contributed by atoms with van der Waals surface area (Å²) in [5, 5.41) is 5.76. The molecule has 1 spiro atoms.